The lowest BCUT2D eigenvalue weighted by Gasteiger charge is -2.31. The number of hydrogen-bond donors (Lipinski definition) is 0. The zero-order valence-electron chi connectivity index (χ0n) is 21.0. The zero-order chi connectivity index (χ0) is 26.2. The van der Waals surface area contributed by atoms with Gasteiger partial charge < -0.3 is 24.0 Å². The molecular formula is C26H29F2N3O5. The molecule has 0 saturated carbocycles. The number of ether oxygens (including phenoxy) is 3. The highest BCUT2D eigenvalue weighted by atomic mass is 19.1. The van der Waals surface area contributed by atoms with Crippen molar-refractivity contribution in [2.24, 2.45) is 0 Å². The molecule has 10 heteroatoms. The fourth-order valence-corrected chi connectivity index (χ4v) is 4.25. The third kappa shape index (κ3) is 4.98. The van der Waals surface area contributed by atoms with Crippen molar-refractivity contribution >= 4 is 23.3 Å². The van der Waals surface area contributed by atoms with Gasteiger partial charge >= 0.3 is 6.09 Å². The highest BCUT2D eigenvalue weighted by Gasteiger charge is 2.33. The van der Waals surface area contributed by atoms with Crippen LogP contribution in [0.1, 0.15) is 44.0 Å². The van der Waals surface area contributed by atoms with Crippen LogP contribution in [0.15, 0.2) is 24.4 Å². The lowest BCUT2D eigenvalue weighted by atomic mass is 9.97. The van der Waals surface area contributed by atoms with Crippen LogP contribution in [0.2, 0.25) is 0 Å². The van der Waals surface area contributed by atoms with Gasteiger partial charge in [-0.1, -0.05) is 6.08 Å². The molecule has 3 heterocycles. The van der Waals surface area contributed by atoms with Gasteiger partial charge in [0.2, 0.25) is 5.91 Å². The van der Waals surface area contributed by atoms with Crippen LogP contribution in [-0.2, 0) is 22.5 Å². The minimum atomic E-state index is -0.980. The van der Waals surface area contributed by atoms with E-state index >= 15 is 8.78 Å². The van der Waals surface area contributed by atoms with Crippen molar-refractivity contribution < 1.29 is 32.6 Å². The van der Waals surface area contributed by atoms with Crippen LogP contribution in [0.25, 0.3) is 5.57 Å². The van der Waals surface area contributed by atoms with E-state index in [1.807, 2.05) is 26.8 Å². The summed E-state index contributed by atoms with van der Waals surface area (Å²) < 4.78 is 45.5. The largest absolute Gasteiger partial charge is 0.493 e. The number of hydrogen-bond acceptors (Lipinski definition) is 6. The van der Waals surface area contributed by atoms with Crippen LogP contribution in [0, 0.1) is 11.6 Å². The number of halogens is 2. The summed E-state index contributed by atoms with van der Waals surface area (Å²) in [6.45, 7) is 6.26. The molecular weight excluding hydrogens is 472 g/mol. The topological polar surface area (TPSA) is 81.2 Å². The Morgan fingerprint density at radius 1 is 1.03 bits per heavy atom. The number of aromatic nitrogens is 1. The molecule has 1 aromatic carbocycles. The Morgan fingerprint density at radius 2 is 1.69 bits per heavy atom. The second-order valence-corrected chi connectivity index (χ2v) is 9.67. The Balaban J connectivity index is 1.59. The van der Waals surface area contributed by atoms with Gasteiger partial charge in [-0.15, -0.1) is 0 Å². The summed E-state index contributed by atoms with van der Waals surface area (Å²) >= 11 is 0. The molecule has 2 aliphatic heterocycles. The van der Waals surface area contributed by atoms with E-state index in [9.17, 15) is 9.59 Å². The first-order valence-electron chi connectivity index (χ1n) is 11.6. The number of fused-ring (bicyclic) bond motifs is 1. The van der Waals surface area contributed by atoms with Crippen LogP contribution in [0.5, 0.6) is 11.5 Å². The predicted molar refractivity (Wildman–Crippen MR) is 129 cm³/mol. The first-order chi connectivity index (χ1) is 17.0. The molecule has 0 atom stereocenters. The first-order valence-corrected chi connectivity index (χ1v) is 11.6. The third-order valence-electron chi connectivity index (χ3n) is 6.01. The number of carbonyl (C=O) groups is 2. The molecule has 0 aliphatic carbocycles. The Hall–Kier alpha value is -3.69. The van der Waals surface area contributed by atoms with Gasteiger partial charge in [0.1, 0.15) is 11.3 Å². The van der Waals surface area contributed by atoms with Gasteiger partial charge in [-0.25, -0.2) is 13.6 Å². The number of nitrogens with zero attached hydrogens (tertiary/aromatic N) is 3. The SMILES string of the molecule is COc1cc(OC)c(F)c(N2Cc3cnc(C4=CCCN(C(=O)OC(C)(C)C)C4)cc3CC2=O)c1F. The number of amides is 2. The monoisotopic (exact) mass is 501 g/mol. The van der Waals surface area contributed by atoms with E-state index in [-0.39, 0.29) is 24.5 Å². The lowest BCUT2D eigenvalue weighted by molar-refractivity contribution is -0.118. The van der Waals surface area contributed by atoms with Gasteiger partial charge in [-0.2, -0.15) is 0 Å². The maximum atomic E-state index is 15.0. The molecule has 2 amide bonds. The number of rotatable bonds is 4. The maximum Gasteiger partial charge on any atom is 0.410 e. The fourth-order valence-electron chi connectivity index (χ4n) is 4.25. The summed E-state index contributed by atoms with van der Waals surface area (Å²) in [5, 5.41) is 0. The van der Waals surface area contributed by atoms with Gasteiger partial charge in [0, 0.05) is 18.8 Å². The maximum absolute atomic E-state index is 15.0. The standard InChI is InChI=1S/C26H29F2N3O5/c1-26(2,3)36-25(33)30-8-6-7-15(13-30)18-9-16-10-21(32)31(14-17(16)12-29-18)24-22(27)19(34-4)11-20(35-5)23(24)28/h7,9,11-12H,6,8,10,13-14H2,1-5H3. The molecule has 4 rings (SSSR count). The van der Waals surface area contributed by atoms with Crippen molar-refractivity contribution in [2.45, 2.75) is 45.8 Å². The van der Waals surface area contributed by atoms with E-state index in [4.69, 9.17) is 14.2 Å². The number of benzene rings is 1. The summed E-state index contributed by atoms with van der Waals surface area (Å²) in [5.41, 5.74) is 1.75. The predicted octanol–water partition coefficient (Wildman–Crippen LogP) is 4.49. The number of carbonyl (C=O) groups excluding carboxylic acids is 2. The summed E-state index contributed by atoms with van der Waals surface area (Å²) in [4.78, 5) is 32.7. The number of pyridine rings is 1. The van der Waals surface area contributed by atoms with E-state index in [0.29, 0.717) is 36.3 Å². The molecule has 0 radical (unpaired) electrons. The van der Waals surface area contributed by atoms with Crippen molar-refractivity contribution in [3.63, 3.8) is 0 Å². The van der Waals surface area contributed by atoms with Gasteiger partial charge in [-0.3, -0.25) is 9.78 Å². The molecule has 0 spiro atoms. The Morgan fingerprint density at radius 3 is 2.31 bits per heavy atom. The van der Waals surface area contributed by atoms with E-state index in [2.05, 4.69) is 4.98 Å². The smallest absolute Gasteiger partial charge is 0.410 e. The van der Waals surface area contributed by atoms with Crippen molar-refractivity contribution in [1.29, 1.82) is 0 Å². The van der Waals surface area contributed by atoms with Gasteiger partial charge in [0.05, 0.1) is 39.4 Å². The molecule has 2 aliphatic rings. The van der Waals surface area contributed by atoms with Gasteiger partial charge in [-0.05, 0) is 50.0 Å². The highest BCUT2D eigenvalue weighted by molar-refractivity contribution is 5.97. The average Bonchev–Trinajstić information content (AvgIpc) is 2.83. The molecule has 0 fully saturated rings. The van der Waals surface area contributed by atoms with E-state index < -0.39 is 34.9 Å². The minimum Gasteiger partial charge on any atom is -0.493 e. The molecule has 0 saturated heterocycles. The third-order valence-corrected chi connectivity index (χ3v) is 6.01. The molecule has 2 aromatic rings. The molecule has 8 nitrogen and oxygen atoms in total. The Kier molecular flexibility index (Phi) is 6.88. The second-order valence-electron chi connectivity index (χ2n) is 9.67. The number of anilines is 1. The summed E-state index contributed by atoms with van der Waals surface area (Å²) in [5.74, 6) is -2.89. The molecule has 192 valence electrons. The van der Waals surface area contributed by atoms with Crippen LogP contribution in [0.3, 0.4) is 0 Å². The van der Waals surface area contributed by atoms with Gasteiger partial charge in [0.25, 0.3) is 0 Å². The molecule has 1 aromatic heterocycles. The lowest BCUT2D eigenvalue weighted by Crippen LogP contribution is -2.40. The van der Waals surface area contributed by atoms with Crippen LogP contribution in [0.4, 0.5) is 19.3 Å². The quantitative estimate of drug-likeness (QED) is 0.614. The Bertz CT molecular complexity index is 1210. The summed E-state index contributed by atoms with van der Waals surface area (Å²) in [6.07, 6.45) is 3.81. The van der Waals surface area contributed by atoms with Crippen LogP contribution >= 0.6 is 0 Å². The normalized spacial score (nSPS) is 15.9. The Labute approximate surface area is 208 Å². The minimum absolute atomic E-state index is 0.0608. The van der Waals surface area contributed by atoms with E-state index in [0.717, 1.165) is 16.5 Å². The molecule has 0 N–H and O–H groups in total. The molecule has 36 heavy (non-hydrogen) atoms. The van der Waals surface area contributed by atoms with Crippen molar-refractivity contribution in [3.8, 4) is 11.5 Å². The van der Waals surface area contributed by atoms with Gasteiger partial charge in [0.15, 0.2) is 23.1 Å². The number of methoxy groups -OCH3 is 2. The van der Waals surface area contributed by atoms with Crippen LogP contribution < -0.4 is 14.4 Å². The van der Waals surface area contributed by atoms with E-state index in [1.165, 1.54) is 14.2 Å². The van der Waals surface area contributed by atoms with Crippen molar-refractivity contribution in [3.05, 3.63) is 52.9 Å². The zero-order valence-corrected chi connectivity index (χ0v) is 21.0. The van der Waals surface area contributed by atoms with E-state index in [1.54, 1.807) is 17.2 Å². The molecule has 0 bridgehead atoms. The van der Waals surface area contributed by atoms with Crippen molar-refractivity contribution in [1.82, 2.24) is 9.88 Å². The van der Waals surface area contributed by atoms with Crippen LogP contribution in [-0.4, -0.2) is 54.8 Å². The highest BCUT2D eigenvalue weighted by Crippen LogP contribution is 2.39. The molecule has 0 unspecified atom stereocenters. The first kappa shape index (κ1) is 25.4. The van der Waals surface area contributed by atoms with Crippen molar-refractivity contribution in [2.75, 3.05) is 32.2 Å². The summed E-state index contributed by atoms with van der Waals surface area (Å²) in [6, 6.07) is 2.90. The average molecular weight is 502 g/mol. The summed E-state index contributed by atoms with van der Waals surface area (Å²) in [7, 11) is 2.50. The second kappa shape index (κ2) is 9.75. The fraction of sp³-hybridized carbons (Fsp3) is 0.423.